The number of hydrogen-bond acceptors (Lipinski definition) is 3. The van der Waals surface area contributed by atoms with Crippen LogP contribution in [-0.4, -0.2) is 29.5 Å². The first-order valence-corrected chi connectivity index (χ1v) is 6.44. The zero-order valence-electron chi connectivity index (χ0n) is 11.7. The van der Waals surface area contributed by atoms with Crippen molar-refractivity contribution in [3.05, 3.63) is 35.9 Å². The molecule has 21 heavy (non-hydrogen) atoms. The average Bonchev–Trinajstić information content (AvgIpc) is 2.41. The summed E-state index contributed by atoms with van der Waals surface area (Å²) < 4.78 is 42.4. The molecule has 0 aliphatic heterocycles. The number of aliphatic hydroxyl groups excluding tert-OH is 1. The summed E-state index contributed by atoms with van der Waals surface area (Å²) in [4.78, 5) is 11.6. The highest BCUT2D eigenvalue weighted by atomic mass is 19.4. The molecule has 2 N–H and O–H groups in total. The Morgan fingerprint density at radius 2 is 1.86 bits per heavy atom. The maximum atomic E-state index is 12.5. The van der Waals surface area contributed by atoms with Gasteiger partial charge in [0.25, 0.3) is 0 Å². The molecule has 0 saturated heterocycles. The van der Waals surface area contributed by atoms with Gasteiger partial charge >= 0.3 is 12.3 Å². The van der Waals surface area contributed by atoms with Crippen molar-refractivity contribution in [3.8, 4) is 0 Å². The molecule has 7 heteroatoms. The lowest BCUT2D eigenvalue weighted by atomic mass is 9.98. The Labute approximate surface area is 120 Å². The molecule has 1 rings (SSSR count). The van der Waals surface area contributed by atoms with Gasteiger partial charge in [-0.3, -0.25) is 0 Å². The van der Waals surface area contributed by atoms with Gasteiger partial charge in [-0.2, -0.15) is 13.2 Å². The molecule has 2 atom stereocenters. The number of ether oxygens (including phenoxy) is 1. The Morgan fingerprint density at radius 1 is 1.29 bits per heavy atom. The van der Waals surface area contributed by atoms with Gasteiger partial charge in [-0.25, -0.2) is 4.79 Å². The van der Waals surface area contributed by atoms with Crippen LogP contribution >= 0.6 is 0 Å². The molecule has 0 bridgehead atoms. The lowest BCUT2D eigenvalue weighted by Gasteiger charge is -2.28. The second-order valence-corrected chi connectivity index (χ2v) is 4.96. The van der Waals surface area contributed by atoms with E-state index in [1.807, 2.05) is 0 Å². The predicted octanol–water partition coefficient (Wildman–Crippen LogP) is 2.86. The molecule has 0 aliphatic carbocycles. The Bertz CT molecular complexity index is 449. The van der Waals surface area contributed by atoms with Crippen LogP contribution in [0.15, 0.2) is 30.3 Å². The van der Waals surface area contributed by atoms with Crippen LogP contribution in [0.2, 0.25) is 0 Å². The molecular formula is C14H18F3NO3. The molecule has 0 heterocycles. The summed E-state index contributed by atoms with van der Waals surface area (Å²) in [5.41, 5.74) is 0.713. The first-order chi connectivity index (χ1) is 9.71. The largest absolute Gasteiger partial charge is 0.445 e. The summed E-state index contributed by atoms with van der Waals surface area (Å²) in [5, 5.41) is 11.3. The van der Waals surface area contributed by atoms with E-state index in [0.717, 1.165) is 0 Å². The normalized spacial score (nSPS) is 14.6. The standard InChI is InChI=1S/C14H18F3NO3/c1-9(2)11(12(19)14(15,16)17)18-13(20)21-8-10-6-4-3-5-7-10/h3-7,9,11-12,19H,8H2,1-2H3,(H,18,20)/t11-,12+/m1/s1. The van der Waals surface area contributed by atoms with Crippen LogP contribution < -0.4 is 5.32 Å². The van der Waals surface area contributed by atoms with E-state index in [1.165, 1.54) is 13.8 Å². The van der Waals surface area contributed by atoms with Crippen LogP contribution in [0.5, 0.6) is 0 Å². The van der Waals surface area contributed by atoms with E-state index in [9.17, 15) is 23.1 Å². The Morgan fingerprint density at radius 3 is 2.33 bits per heavy atom. The highest BCUT2D eigenvalue weighted by Crippen LogP contribution is 2.25. The lowest BCUT2D eigenvalue weighted by Crippen LogP contribution is -2.52. The molecule has 1 aromatic rings. The monoisotopic (exact) mass is 305 g/mol. The zero-order valence-corrected chi connectivity index (χ0v) is 11.7. The summed E-state index contributed by atoms with van der Waals surface area (Å²) in [5.74, 6) is -0.606. The van der Waals surface area contributed by atoms with Crippen molar-refractivity contribution in [2.24, 2.45) is 5.92 Å². The number of alkyl carbamates (subject to hydrolysis) is 1. The number of alkyl halides is 3. The number of amides is 1. The van der Waals surface area contributed by atoms with Gasteiger partial charge in [-0.1, -0.05) is 44.2 Å². The third-order valence-corrected chi connectivity index (χ3v) is 2.89. The maximum Gasteiger partial charge on any atom is 0.416 e. The zero-order chi connectivity index (χ0) is 16.0. The quantitative estimate of drug-likeness (QED) is 0.879. The van der Waals surface area contributed by atoms with Crippen LogP contribution in [0.4, 0.5) is 18.0 Å². The number of nitrogens with one attached hydrogen (secondary N) is 1. The molecule has 118 valence electrons. The molecule has 1 aromatic carbocycles. The van der Waals surface area contributed by atoms with Gasteiger partial charge in [0.2, 0.25) is 0 Å². The Kier molecular flexibility index (Phi) is 6.02. The smallest absolute Gasteiger partial charge is 0.416 e. The van der Waals surface area contributed by atoms with E-state index in [1.54, 1.807) is 30.3 Å². The van der Waals surface area contributed by atoms with Crippen molar-refractivity contribution in [3.63, 3.8) is 0 Å². The summed E-state index contributed by atoms with van der Waals surface area (Å²) in [6.07, 6.45) is -8.44. The lowest BCUT2D eigenvalue weighted by molar-refractivity contribution is -0.214. The Hall–Kier alpha value is -1.76. The van der Waals surface area contributed by atoms with E-state index in [4.69, 9.17) is 4.74 Å². The van der Waals surface area contributed by atoms with Gasteiger partial charge in [0.1, 0.15) is 6.61 Å². The van der Waals surface area contributed by atoms with Crippen molar-refractivity contribution in [1.82, 2.24) is 5.32 Å². The molecule has 0 radical (unpaired) electrons. The minimum absolute atomic E-state index is 0.0560. The molecule has 0 unspecified atom stereocenters. The van der Waals surface area contributed by atoms with E-state index >= 15 is 0 Å². The highest BCUT2D eigenvalue weighted by molar-refractivity contribution is 5.67. The fourth-order valence-electron chi connectivity index (χ4n) is 1.71. The van der Waals surface area contributed by atoms with Crippen LogP contribution in [0, 0.1) is 5.92 Å². The summed E-state index contributed by atoms with van der Waals surface area (Å²) in [6.45, 7) is 2.88. The van der Waals surface area contributed by atoms with E-state index in [-0.39, 0.29) is 6.61 Å². The van der Waals surface area contributed by atoms with Crippen LogP contribution in [0.3, 0.4) is 0 Å². The van der Waals surface area contributed by atoms with E-state index < -0.39 is 30.3 Å². The fourth-order valence-corrected chi connectivity index (χ4v) is 1.71. The first-order valence-electron chi connectivity index (χ1n) is 6.44. The SMILES string of the molecule is CC(C)[C@@H](NC(=O)OCc1ccccc1)[C@H](O)C(F)(F)F. The molecular weight excluding hydrogens is 287 g/mol. The molecule has 0 saturated carbocycles. The third kappa shape index (κ3) is 5.63. The number of carbonyl (C=O) groups is 1. The van der Waals surface area contributed by atoms with Crippen LogP contribution in [0.1, 0.15) is 19.4 Å². The van der Waals surface area contributed by atoms with E-state index in [0.29, 0.717) is 5.56 Å². The molecule has 1 amide bonds. The van der Waals surface area contributed by atoms with Crippen molar-refractivity contribution in [2.75, 3.05) is 0 Å². The third-order valence-electron chi connectivity index (χ3n) is 2.89. The van der Waals surface area contributed by atoms with Gasteiger partial charge in [0, 0.05) is 0 Å². The van der Waals surface area contributed by atoms with Crippen molar-refractivity contribution in [2.45, 2.75) is 38.8 Å². The van der Waals surface area contributed by atoms with Gasteiger partial charge in [-0.15, -0.1) is 0 Å². The van der Waals surface area contributed by atoms with Gasteiger partial charge in [0.15, 0.2) is 6.10 Å². The molecule has 4 nitrogen and oxygen atoms in total. The number of carbonyl (C=O) groups excluding carboxylic acids is 1. The topological polar surface area (TPSA) is 58.6 Å². The number of halogens is 3. The molecule has 0 fully saturated rings. The van der Waals surface area contributed by atoms with E-state index in [2.05, 4.69) is 5.32 Å². The number of aliphatic hydroxyl groups is 1. The highest BCUT2D eigenvalue weighted by Gasteiger charge is 2.45. The number of rotatable bonds is 5. The average molecular weight is 305 g/mol. The predicted molar refractivity (Wildman–Crippen MR) is 70.5 cm³/mol. The Balaban J connectivity index is 2.57. The first kappa shape index (κ1) is 17.3. The summed E-state index contributed by atoms with van der Waals surface area (Å²) in [6, 6.07) is 7.27. The van der Waals surface area contributed by atoms with Crippen molar-refractivity contribution >= 4 is 6.09 Å². The second-order valence-electron chi connectivity index (χ2n) is 4.96. The summed E-state index contributed by atoms with van der Waals surface area (Å²) in [7, 11) is 0. The van der Waals surface area contributed by atoms with Crippen LogP contribution in [-0.2, 0) is 11.3 Å². The molecule has 0 aromatic heterocycles. The number of benzene rings is 1. The van der Waals surface area contributed by atoms with Crippen molar-refractivity contribution in [1.29, 1.82) is 0 Å². The van der Waals surface area contributed by atoms with Gasteiger partial charge in [-0.05, 0) is 11.5 Å². The van der Waals surface area contributed by atoms with Crippen molar-refractivity contribution < 1.29 is 27.8 Å². The maximum absolute atomic E-state index is 12.5. The minimum atomic E-state index is -4.80. The minimum Gasteiger partial charge on any atom is -0.445 e. The van der Waals surface area contributed by atoms with Gasteiger partial charge < -0.3 is 15.2 Å². The molecule has 0 spiro atoms. The second kappa shape index (κ2) is 7.31. The number of hydrogen-bond donors (Lipinski definition) is 2. The molecule has 0 aliphatic rings. The van der Waals surface area contributed by atoms with Crippen LogP contribution in [0.25, 0.3) is 0 Å². The van der Waals surface area contributed by atoms with Gasteiger partial charge in [0.05, 0.1) is 6.04 Å². The summed E-state index contributed by atoms with van der Waals surface area (Å²) >= 11 is 0. The fraction of sp³-hybridized carbons (Fsp3) is 0.500.